The number of ether oxygens (including phenoxy) is 1. The molecular formula is C17H17IN2O2. The van der Waals surface area contributed by atoms with Crippen LogP contribution in [0.25, 0.3) is 0 Å². The van der Waals surface area contributed by atoms with Crippen LogP contribution in [0.15, 0.2) is 64.4 Å². The standard InChI is InChI=1S/C17H17IN2O2/c1-2-16(18)20(15-11-7-6-10-14(15)19)17(21)22-12-13-8-4-3-5-9-13/h2-11H,12,19H2,1H3/b16-2-. The number of rotatable bonds is 4. The van der Waals surface area contributed by atoms with Crippen LogP contribution in [0.2, 0.25) is 0 Å². The van der Waals surface area contributed by atoms with Gasteiger partial charge in [0.25, 0.3) is 0 Å². The number of nitrogens with zero attached hydrogens (tertiary/aromatic N) is 1. The summed E-state index contributed by atoms with van der Waals surface area (Å²) in [6.45, 7) is 2.08. The van der Waals surface area contributed by atoms with Crippen LogP contribution in [0, 0.1) is 0 Å². The first-order valence-corrected chi connectivity index (χ1v) is 7.88. The van der Waals surface area contributed by atoms with E-state index in [-0.39, 0.29) is 6.61 Å². The smallest absolute Gasteiger partial charge is 0.419 e. The van der Waals surface area contributed by atoms with Crippen molar-refractivity contribution in [2.24, 2.45) is 0 Å². The molecule has 4 nitrogen and oxygen atoms in total. The molecule has 0 heterocycles. The van der Waals surface area contributed by atoms with Gasteiger partial charge in [-0.15, -0.1) is 0 Å². The maximum absolute atomic E-state index is 12.5. The van der Waals surface area contributed by atoms with Crippen molar-refractivity contribution < 1.29 is 9.53 Å². The Morgan fingerprint density at radius 3 is 2.45 bits per heavy atom. The monoisotopic (exact) mass is 408 g/mol. The predicted molar refractivity (Wildman–Crippen MR) is 97.7 cm³/mol. The second kappa shape index (κ2) is 7.84. The summed E-state index contributed by atoms with van der Waals surface area (Å²) >= 11 is 2.09. The molecular weight excluding hydrogens is 391 g/mol. The maximum Gasteiger partial charge on any atom is 0.419 e. The fourth-order valence-corrected chi connectivity index (χ4v) is 2.36. The van der Waals surface area contributed by atoms with E-state index in [1.807, 2.05) is 55.5 Å². The Hall–Kier alpha value is -2.02. The van der Waals surface area contributed by atoms with Crippen LogP contribution in [0.1, 0.15) is 12.5 Å². The van der Waals surface area contributed by atoms with Gasteiger partial charge in [0.1, 0.15) is 6.61 Å². The first-order valence-electron chi connectivity index (χ1n) is 6.80. The number of benzene rings is 2. The van der Waals surface area contributed by atoms with Crippen molar-refractivity contribution in [1.29, 1.82) is 0 Å². The molecule has 0 saturated heterocycles. The molecule has 0 atom stereocenters. The summed E-state index contributed by atoms with van der Waals surface area (Å²) in [6.07, 6.45) is 1.38. The van der Waals surface area contributed by atoms with Crippen molar-refractivity contribution in [3.05, 3.63) is 69.9 Å². The minimum atomic E-state index is -0.454. The Bertz CT molecular complexity index is 671. The molecule has 0 bridgehead atoms. The van der Waals surface area contributed by atoms with Gasteiger partial charge in [-0.1, -0.05) is 48.5 Å². The van der Waals surface area contributed by atoms with Gasteiger partial charge >= 0.3 is 6.09 Å². The van der Waals surface area contributed by atoms with Gasteiger partial charge in [0, 0.05) is 0 Å². The van der Waals surface area contributed by atoms with Gasteiger partial charge in [0.2, 0.25) is 0 Å². The van der Waals surface area contributed by atoms with Crippen molar-refractivity contribution >= 4 is 40.1 Å². The quantitative estimate of drug-likeness (QED) is 0.453. The Kier molecular flexibility index (Phi) is 5.83. The molecule has 22 heavy (non-hydrogen) atoms. The molecule has 0 aliphatic carbocycles. The molecule has 2 N–H and O–H groups in total. The van der Waals surface area contributed by atoms with Gasteiger partial charge < -0.3 is 10.5 Å². The number of para-hydroxylation sites is 2. The lowest BCUT2D eigenvalue weighted by Crippen LogP contribution is -2.29. The van der Waals surface area contributed by atoms with E-state index in [1.54, 1.807) is 12.1 Å². The summed E-state index contributed by atoms with van der Waals surface area (Å²) in [5.74, 6) is 0. The van der Waals surface area contributed by atoms with Crippen LogP contribution in [-0.4, -0.2) is 6.09 Å². The summed E-state index contributed by atoms with van der Waals surface area (Å²) in [4.78, 5) is 13.9. The molecule has 0 unspecified atom stereocenters. The van der Waals surface area contributed by atoms with Crippen LogP contribution in [0.4, 0.5) is 16.2 Å². The third kappa shape index (κ3) is 4.00. The van der Waals surface area contributed by atoms with Crippen LogP contribution < -0.4 is 10.6 Å². The lowest BCUT2D eigenvalue weighted by Gasteiger charge is -2.23. The predicted octanol–water partition coefficient (Wildman–Crippen LogP) is 4.71. The van der Waals surface area contributed by atoms with Crippen LogP contribution in [0.5, 0.6) is 0 Å². The minimum absolute atomic E-state index is 0.219. The number of allylic oxidation sites excluding steroid dienone is 1. The van der Waals surface area contributed by atoms with E-state index in [0.717, 1.165) is 9.27 Å². The largest absolute Gasteiger partial charge is 0.444 e. The number of carbonyl (C=O) groups excluding carboxylic acids is 1. The van der Waals surface area contributed by atoms with Crippen molar-refractivity contribution in [2.45, 2.75) is 13.5 Å². The number of nitrogen functional groups attached to an aromatic ring is 1. The summed E-state index contributed by atoms with van der Waals surface area (Å²) in [7, 11) is 0. The van der Waals surface area contributed by atoms with E-state index in [1.165, 1.54) is 4.90 Å². The molecule has 5 heteroatoms. The normalized spacial score (nSPS) is 11.1. The highest BCUT2D eigenvalue weighted by atomic mass is 127. The second-order valence-electron chi connectivity index (χ2n) is 4.55. The topological polar surface area (TPSA) is 55.6 Å². The highest BCUT2D eigenvalue weighted by Gasteiger charge is 2.21. The van der Waals surface area contributed by atoms with Gasteiger partial charge in [0.15, 0.2) is 0 Å². The summed E-state index contributed by atoms with van der Waals surface area (Å²) in [5.41, 5.74) is 8.05. The molecule has 0 radical (unpaired) electrons. The van der Waals surface area contributed by atoms with Crippen LogP contribution >= 0.6 is 22.6 Å². The first-order chi connectivity index (χ1) is 10.6. The number of nitrogens with two attached hydrogens (primary N) is 1. The third-order valence-corrected chi connectivity index (χ3v) is 4.12. The molecule has 0 spiro atoms. The lowest BCUT2D eigenvalue weighted by atomic mass is 10.2. The van der Waals surface area contributed by atoms with Crippen molar-refractivity contribution in [3.63, 3.8) is 0 Å². The van der Waals surface area contributed by atoms with Gasteiger partial charge in [-0.2, -0.15) is 0 Å². The third-order valence-electron chi connectivity index (χ3n) is 3.02. The molecule has 0 aliphatic heterocycles. The zero-order chi connectivity index (χ0) is 15.9. The summed E-state index contributed by atoms with van der Waals surface area (Å²) in [5, 5.41) is 0. The minimum Gasteiger partial charge on any atom is -0.444 e. The zero-order valence-electron chi connectivity index (χ0n) is 12.2. The molecule has 114 valence electrons. The molecule has 0 saturated carbocycles. The van der Waals surface area contributed by atoms with Crippen LogP contribution in [-0.2, 0) is 11.3 Å². The first kappa shape index (κ1) is 16.4. The Labute approximate surface area is 143 Å². The van der Waals surface area contributed by atoms with Crippen molar-refractivity contribution in [1.82, 2.24) is 0 Å². The van der Waals surface area contributed by atoms with Gasteiger partial charge in [-0.25, -0.2) is 9.69 Å². The molecule has 0 fully saturated rings. The fourth-order valence-electron chi connectivity index (χ4n) is 1.90. The zero-order valence-corrected chi connectivity index (χ0v) is 14.4. The van der Waals surface area contributed by atoms with Crippen molar-refractivity contribution in [2.75, 3.05) is 10.6 Å². The summed E-state index contributed by atoms with van der Waals surface area (Å²) < 4.78 is 6.14. The van der Waals surface area contributed by atoms with Crippen LogP contribution in [0.3, 0.4) is 0 Å². The SMILES string of the molecule is C/C=C(/I)N(C(=O)OCc1ccccc1)c1ccccc1N. The Morgan fingerprint density at radius 1 is 1.18 bits per heavy atom. The number of hydrogen-bond acceptors (Lipinski definition) is 3. The van der Waals surface area contributed by atoms with Gasteiger partial charge in [0.05, 0.1) is 15.1 Å². The van der Waals surface area contributed by atoms with E-state index in [2.05, 4.69) is 22.6 Å². The number of anilines is 2. The van der Waals surface area contributed by atoms with E-state index >= 15 is 0 Å². The Morgan fingerprint density at radius 2 is 1.82 bits per heavy atom. The second-order valence-corrected chi connectivity index (χ2v) is 5.65. The average molecular weight is 408 g/mol. The van der Waals surface area contributed by atoms with Crippen molar-refractivity contribution in [3.8, 4) is 0 Å². The number of halogens is 1. The van der Waals surface area contributed by atoms with E-state index in [0.29, 0.717) is 11.4 Å². The lowest BCUT2D eigenvalue weighted by molar-refractivity contribution is 0.149. The highest BCUT2D eigenvalue weighted by molar-refractivity contribution is 14.1. The van der Waals surface area contributed by atoms with E-state index < -0.39 is 6.09 Å². The number of hydrogen-bond donors (Lipinski definition) is 1. The Balaban J connectivity index is 2.19. The molecule has 2 rings (SSSR count). The number of carbonyl (C=O) groups is 1. The average Bonchev–Trinajstić information content (AvgIpc) is 2.55. The maximum atomic E-state index is 12.5. The molecule has 2 aromatic carbocycles. The van der Waals surface area contributed by atoms with Gasteiger partial charge in [-0.3, -0.25) is 0 Å². The van der Waals surface area contributed by atoms with Gasteiger partial charge in [-0.05, 0) is 47.2 Å². The van der Waals surface area contributed by atoms with E-state index in [9.17, 15) is 4.79 Å². The molecule has 0 aromatic heterocycles. The molecule has 0 aliphatic rings. The fraction of sp³-hybridized carbons (Fsp3) is 0.118. The van der Waals surface area contributed by atoms with E-state index in [4.69, 9.17) is 10.5 Å². The molecule has 2 aromatic rings. The molecule has 1 amide bonds. The highest BCUT2D eigenvalue weighted by Crippen LogP contribution is 2.29. The summed E-state index contributed by atoms with van der Waals surface area (Å²) in [6, 6.07) is 16.8. The number of amides is 1.